The fourth-order valence-corrected chi connectivity index (χ4v) is 4.24. The van der Waals surface area contributed by atoms with Gasteiger partial charge in [0.2, 0.25) is 0 Å². The van der Waals surface area contributed by atoms with E-state index in [9.17, 15) is 9.50 Å². The fourth-order valence-electron chi connectivity index (χ4n) is 4.24. The van der Waals surface area contributed by atoms with Crippen LogP contribution in [-0.4, -0.2) is 64.7 Å². The molecule has 1 fully saturated rings. The number of β-amino-alcohol motifs (C(OH)–C–C–N with tert-alkyl or cyclic N) is 1. The van der Waals surface area contributed by atoms with E-state index in [1.165, 1.54) is 12.1 Å². The second-order valence-electron chi connectivity index (χ2n) is 8.97. The van der Waals surface area contributed by atoms with Crippen LogP contribution in [0.2, 0.25) is 0 Å². The molecule has 1 atom stereocenters. The van der Waals surface area contributed by atoms with Crippen LogP contribution in [0.5, 0.6) is 11.5 Å². The third-order valence-corrected chi connectivity index (χ3v) is 6.00. The molecule has 0 unspecified atom stereocenters. The van der Waals surface area contributed by atoms with Crippen molar-refractivity contribution in [2.24, 2.45) is 0 Å². The lowest BCUT2D eigenvalue weighted by atomic mass is 10.1. The van der Waals surface area contributed by atoms with Crippen LogP contribution in [0.1, 0.15) is 24.7 Å². The Morgan fingerprint density at radius 2 is 2.00 bits per heavy atom. The Balaban J connectivity index is 1.28. The van der Waals surface area contributed by atoms with Crippen LogP contribution in [0.15, 0.2) is 60.9 Å². The molecular weight excluding hydrogens is 449 g/mol. The van der Waals surface area contributed by atoms with Crippen LogP contribution in [0.3, 0.4) is 0 Å². The molecule has 2 aromatic carbocycles. The van der Waals surface area contributed by atoms with Crippen molar-refractivity contribution in [2.75, 3.05) is 39.5 Å². The minimum absolute atomic E-state index is 0.0644. The molecule has 4 rings (SSSR count). The van der Waals surface area contributed by atoms with Crippen molar-refractivity contribution in [3.8, 4) is 11.5 Å². The van der Waals surface area contributed by atoms with E-state index >= 15 is 0 Å². The van der Waals surface area contributed by atoms with Gasteiger partial charge in [-0.3, -0.25) is 4.90 Å². The number of ether oxygens (including phenoxy) is 3. The summed E-state index contributed by atoms with van der Waals surface area (Å²) in [4.78, 5) is 6.51. The first-order chi connectivity index (χ1) is 17.0. The van der Waals surface area contributed by atoms with Crippen molar-refractivity contribution in [3.05, 3.63) is 78.1 Å². The first-order valence-corrected chi connectivity index (χ1v) is 12.2. The van der Waals surface area contributed by atoms with Gasteiger partial charge in [0.05, 0.1) is 19.8 Å². The fraction of sp³-hybridized carbons (Fsp3) is 0.444. The third kappa shape index (κ3) is 7.52. The van der Waals surface area contributed by atoms with E-state index < -0.39 is 5.60 Å². The predicted octanol–water partition coefficient (Wildman–Crippen LogP) is 3.70. The lowest BCUT2D eigenvalue weighted by Crippen LogP contribution is -2.48. The van der Waals surface area contributed by atoms with Gasteiger partial charge in [0.1, 0.15) is 35.3 Å². The summed E-state index contributed by atoms with van der Waals surface area (Å²) in [5.74, 6) is 2.12. The van der Waals surface area contributed by atoms with Crippen LogP contribution in [-0.2, 0) is 24.2 Å². The second-order valence-corrected chi connectivity index (χ2v) is 8.97. The van der Waals surface area contributed by atoms with Crippen LogP contribution >= 0.6 is 0 Å². The molecule has 1 N–H and O–H groups in total. The Morgan fingerprint density at radius 1 is 1.14 bits per heavy atom. The molecule has 0 spiro atoms. The number of benzene rings is 2. The number of aliphatic hydroxyl groups is 1. The molecule has 1 aliphatic heterocycles. The van der Waals surface area contributed by atoms with Crippen LogP contribution in [0, 0.1) is 5.82 Å². The van der Waals surface area contributed by atoms with Gasteiger partial charge in [0, 0.05) is 45.0 Å². The Bertz CT molecular complexity index is 1060. The maximum absolute atomic E-state index is 13.1. The predicted molar refractivity (Wildman–Crippen MR) is 131 cm³/mol. The van der Waals surface area contributed by atoms with Gasteiger partial charge in [-0.2, -0.15) is 0 Å². The molecular formula is C27H34FN3O4. The number of hydrogen-bond acceptors (Lipinski definition) is 6. The average molecular weight is 484 g/mol. The highest BCUT2D eigenvalue weighted by Crippen LogP contribution is 2.20. The van der Waals surface area contributed by atoms with Gasteiger partial charge in [0.15, 0.2) is 0 Å². The molecule has 7 nitrogen and oxygen atoms in total. The molecule has 1 aliphatic rings. The smallest absolute Gasteiger partial charge is 0.134 e. The van der Waals surface area contributed by atoms with Gasteiger partial charge < -0.3 is 23.9 Å². The molecule has 1 saturated heterocycles. The van der Waals surface area contributed by atoms with Gasteiger partial charge in [-0.25, -0.2) is 9.37 Å². The number of rotatable bonds is 11. The van der Waals surface area contributed by atoms with Crippen LogP contribution in [0.25, 0.3) is 0 Å². The summed E-state index contributed by atoms with van der Waals surface area (Å²) < 4.78 is 32.7. The van der Waals surface area contributed by atoms with Crippen molar-refractivity contribution in [3.63, 3.8) is 0 Å². The van der Waals surface area contributed by atoms with Crippen molar-refractivity contribution < 1.29 is 23.7 Å². The van der Waals surface area contributed by atoms with Crippen LogP contribution in [0.4, 0.5) is 4.39 Å². The molecule has 0 amide bonds. The normalized spacial score (nSPS) is 18.8. The van der Waals surface area contributed by atoms with Crippen molar-refractivity contribution in [2.45, 2.75) is 38.5 Å². The van der Waals surface area contributed by atoms with E-state index in [4.69, 9.17) is 14.2 Å². The zero-order valence-corrected chi connectivity index (χ0v) is 20.2. The average Bonchev–Trinajstić information content (AvgIpc) is 3.24. The molecule has 0 aliphatic carbocycles. The monoisotopic (exact) mass is 483 g/mol. The summed E-state index contributed by atoms with van der Waals surface area (Å²) in [5, 5.41) is 11.1. The molecule has 0 saturated carbocycles. The van der Waals surface area contributed by atoms with Gasteiger partial charge in [0.25, 0.3) is 0 Å². The van der Waals surface area contributed by atoms with E-state index in [-0.39, 0.29) is 19.0 Å². The maximum Gasteiger partial charge on any atom is 0.134 e. The minimum Gasteiger partial charge on any atom is -0.494 e. The summed E-state index contributed by atoms with van der Waals surface area (Å²) >= 11 is 0. The molecule has 8 heteroatoms. The van der Waals surface area contributed by atoms with E-state index in [1.54, 1.807) is 12.1 Å². The van der Waals surface area contributed by atoms with Crippen molar-refractivity contribution in [1.29, 1.82) is 0 Å². The summed E-state index contributed by atoms with van der Waals surface area (Å²) in [6.07, 6.45) is 5.67. The largest absolute Gasteiger partial charge is 0.494 e. The summed E-state index contributed by atoms with van der Waals surface area (Å²) in [6.45, 7) is 6.17. The Labute approximate surface area is 206 Å². The first-order valence-electron chi connectivity index (χ1n) is 12.2. The number of nitrogens with zero attached hydrogens (tertiary/aromatic N) is 3. The molecule has 35 heavy (non-hydrogen) atoms. The molecule has 3 aromatic rings. The van der Waals surface area contributed by atoms with E-state index in [1.807, 2.05) is 24.5 Å². The quantitative estimate of drug-likeness (QED) is 0.420. The Kier molecular flexibility index (Phi) is 8.74. The van der Waals surface area contributed by atoms with E-state index in [2.05, 4.69) is 33.5 Å². The molecule has 2 heterocycles. The highest BCUT2D eigenvalue weighted by molar-refractivity contribution is 5.28. The molecule has 188 valence electrons. The van der Waals surface area contributed by atoms with E-state index in [0.717, 1.165) is 36.5 Å². The number of hydrogen-bond donors (Lipinski definition) is 1. The standard InChI is InChI=1S/C27H34FN3O4/c1-2-26-29-11-13-31(26)12-4-15-34-25-6-3-5-22(17-25)18-30-14-16-33-20-27(32,19-30)21-35-24-9-7-23(28)8-10-24/h3,5-11,13,17,32H,2,4,12,14-16,18-21H2,1H3/t27-/m0/s1. The van der Waals surface area contributed by atoms with Gasteiger partial charge in [-0.15, -0.1) is 0 Å². The second kappa shape index (κ2) is 12.2. The Morgan fingerprint density at radius 3 is 2.83 bits per heavy atom. The highest BCUT2D eigenvalue weighted by atomic mass is 19.1. The maximum atomic E-state index is 13.1. The number of halogens is 1. The van der Waals surface area contributed by atoms with Crippen molar-refractivity contribution >= 4 is 0 Å². The summed E-state index contributed by atoms with van der Waals surface area (Å²) in [7, 11) is 0. The number of imidazole rings is 1. The molecule has 1 aromatic heterocycles. The highest BCUT2D eigenvalue weighted by Gasteiger charge is 2.33. The Hall–Kier alpha value is -2.94. The lowest BCUT2D eigenvalue weighted by molar-refractivity contribution is -0.0646. The van der Waals surface area contributed by atoms with Gasteiger partial charge in [-0.1, -0.05) is 19.1 Å². The van der Waals surface area contributed by atoms with Gasteiger partial charge in [-0.05, 0) is 48.4 Å². The van der Waals surface area contributed by atoms with E-state index in [0.29, 0.717) is 38.6 Å². The van der Waals surface area contributed by atoms with Crippen molar-refractivity contribution in [1.82, 2.24) is 14.5 Å². The number of aryl methyl sites for hydroxylation is 2. The SMILES string of the molecule is CCc1nccn1CCCOc1cccc(CN2CCOC[C@](O)(COc3ccc(F)cc3)C2)c1. The molecule has 0 radical (unpaired) electrons. The zero-order chi connectivity index (χ0) is 24.5. The first kappa shape index (κ1) is 25.2. The zero-order valence-electron chi connectivity index (χ0n) is 20.2. The third-order valence-electron chi connectivity index (χ3n) is 6.00. The molecule has 0 bridgehead atoms. The summed E-state index contributed by atoms with van der Waals surface area (Å²) in [5.41, 5.74) is -0.0574. The van der Waals surface area contributed by atoms with Gasteiger partial charge >= 0.3 is 0 Å². The summed E-state index contributed by atoms with van der Waals surface area (Å²) in [6, 6.07) is 13.9. The lowest BCUT2D eigenvalue weighted by Gasteiger charge is -2.30. The van der Waals surface area contributed by atoms with Crippen LogP contribution < -0.4 is 9.47 Å². The minimum atomic E-state index is -1.16. The number of aromatic nitrogens is 2. The topological polar surface area (TPSA) is 69.0 Å².